The van der Waals surface area contributed by atoms with Gasteiger partial charge in [0.15, 0.2) is 4.80 Å². The lowest BCUT2D eigenvalue weighted by atomic mass is 9.94. The Balaban J connectivity index is 1.55. The number of carbonyl (C=O) groups excluding carboxylic acids is 1. The van der Waals surface area contributed by atoms with E-state index in [0.29, 0.717) is 51.8 Å². The van der Waals surface area contributed by atoms with Crippen LogP contribution in [-0.4, -0.2) is 35.6 Å². The van der Waals surface area contributed by atoms with Crippen molar-refractivity contribution in [1.29, 1.82) is 0 Å². The topological polar surface area (TPSA) is 73.1 Å². The fourth-order valence-corrected chi connectivity index (χ4v) is 7.18. The van der Waals surface area contributed by atoms with Crippen molar-refractivity contribution in [2.45, 2.75) is 33.4 Å². The second kappa shape index (κ2) is 13.5. The van der Waals surface area contributed by atoms with Crippen molar-refractivity contribution in [3.8, 4) is 11.5 Å². The van der Waals surface area contributed by atoms with Crippen molar-refractivity contribution in [3.05, 3.63) is 137 Å². The van der Waals surface area contributed by atoms with Crippen molar-refractivity contribution >= 4 is 50.0 Å². The summed E-state index contributed by atoms with van der Waals surface area (Å²) in [6.07, 6.45) is 1.90. The normalized spacial score (nSPS) is 14.6. The molecular weight excluding hydrogens is 662 g/mol. The molecule has 1 atom stereocenters. The predicted octanol–water partition coefficient (Wildman–Crippen LogP) is 6.61. The molecule has 4 aromatic carbocycles. The van der Waals surface area contributed by atoms with Crippen LogP contribution in [0.1, 0.15) is 43.5 Å². The van der Waals surface area contributed by atoms with Gasteiger partial charge < -0.3 is 14.4 Å². The summed E-state index contributed by atoms with van der Waals surface area (Å²) in [5.74, 6) is 1.12. The maximum Gasteiger partial charge on any atom is 0.271 e. The third-order valence-electron chi connectivity index (χ3n) is 8.25. The molecule has 0 spiro atoms. The number of amides is 1. The highest BCUT2D eigenvalue weighted by Crippen LogP contribution is 2.36. The molecule has 7 nitrogen and oxygen atoms in total. The molecule has 2 heterocycles. The van der Waals surface area contributed by atoms with Gasteiger partial charge >= 0.3 is 0 Å². The molecule has 1 aliphatic rings. The SMILES string of the molecule is CCN(CC)C(=O)C1=C(C)N=c2s/c(=C/c3c(OCc4ccc(Br)cc4)ccc4ccccc34)c(=O)n2[C@H]1c1ccccc1OC. The number of benzene rings is 4. The minimum atomic E-state index is -0.705. The lowest BCUT2D eigenvalue weighted by Gasteiger charge is -2.29. The molecule has 6 rings (SSSR count). The number of fused-ring (bicyclic) bond motifs is 2. The number of hydrogen-bond acceptors (Lipinski definition) is 6. The summed E-state index contributed by atoms with van der Waals surface area (Å²) < 4.78 is 15.3. The number of likely N-dealkylation sites (N-methyl/N-ethyl adjacent to an activating group) is 1. The van der Waals surface area contributed by atoms with Crippen LogP contribution in [0.2, 0.25) is 0 Å². The Hall–Kier alpha value is -4.47. The first kappa shape index (κ1) is 31.5. The minimum Gasteiger partial charge on any atom is -0.496 e. The van der Waals surface area contributed by atoms with Crippen LogP contribution in [-0.2, 0) is 11.4 Å². The van der Waals surface area contributed by atoms with Crippen LogP contribution < -0.4 is 24.4 Å². The van der Waals surface area contributed by atoms with Crippen LogP contribution in [0.5, 0.6) is 11.5 Å². The highest BCUT2D eigenvalue weighted by Gasteiger charge is 2.35. The number of allylic oxidation sites excluding steroid dienone is 1. The molecule has 0 saturated carbocycles. The number of para-hydroxylation sites is 1. The average molecular weight is 697 g/mol. The van der Waals surface area contributed by atoms with Crippen LogP contribution in [0, 0.1) is 0 Å². The third-order valence-corrected chi connectivity index (χ3v) is 9.76. The monoisotopic (exact) mass is 695 g/mol. The van der Waals surface area contributed by atoms with Crippen molar-refractivity contribution in [1.82, 2.24) is 9.47 Å². The second-order valence-electron chi connectivity index (χ2n) is 10.9. The first-order valence-corrected chi connectivity index (χ1v) is 16.8. The molecule has 46 heavy (non-hydrogen) atoms. The first-order chi connectivity index (χ1) is 22.3. The fourth-order valence-electron chi connectivity index (χ4n) is 5.89. The summed E-state index contributed by atoms with van der Waals surface area (Å²) in [7, 11) is 1.60. The van der Waals surface area contributed by atoms with E-state index in [-0.39, 0.29) is 11.5 Å². The van der Waals surface area contributed by atoms with E-state index < -0.39 is 6.04 Å². The van der Waals surface area contributed by atoms with Crippen LogP contribution in [0.15, 0.2) is 110 Å². The molecule has 1 aromatic heterocycles. The van der Waals surface area contributed by atoms with Crippen molar-refractivity contribution in [3.63, 3.8) is 0 Å². The molecule has 0 fully saturated rings. The zero-order valence-electron chi connectivity index (χ0n) is 26.1. The Bertz CT molecular complexity index is 2150. The average Bonchev–Trinajstić information content (AvgIpc) is 3.38. The summed E-state index contributed by atoms with van der Waals surface area (Å²) >= 11 is 4.80. The molecule has 234 valence electrons. The Labute approximate surface area is 279 Å². The Morgan fingerprint density at radius 1 is 0.978 bits per heavy atom. The molecule has 0 radical (unpaired) electrons. The van der Waals surface area contributed by atoms with Crippen LogP contribution >= 0.6 is 27.3 Å². The van der Waals surface area contributed by atoms with E-state index in [4.69, 9.17) is 14.5 Å². The number of nitrogens with zero attached hydrogens (tertiary/aromatic N) is 3. The quantitative estimate of drug-likeness (QED) is 0.174. The Morgan fingerprint density at radius 2 is 1.70 bits per heavy atom. The molecule has 9 heteroatoms. The predicted molar refractivity (Wildman–Crippen MR) is 187 cm³/mol. The number of ether oxygens (including phenoxy) is 2. The summed E-state index contributed by atoms with van der Waals surface area (Å²) in [5, 5.41) is 2.00. The second-order valence-corrected chi connectivity index (χ2v) is 12.8. The van der Waals surface area contributed by atoms with Gasteiger partial charge in [-0.15, -0.1) is 0 Å². The van der Waals surface area contributed by atoms with Crippen LogP contribution in [0.25, 0.3) is 16.8 Å². The number of carbonyl (C=O) groups is 1. The fraction of sp³-hybridized carbons (Fsp3) is 0.216. The van der Waals surface area contributed by atoms with Crippen LogP contribution in [0.3, 0.4) is 0 Å². The van der Waals surface area contributed by atoms with Gasteiger partial charge in [0.25, 0.3) is 11.5 Å². The minimum absolute atomic E-state index is 0.144. The highest BCUT2D eigenvalue weighted by molar-refractivity contribution is 9.10. The number of aromatic nitrogens is 1. The number of rotatable bonds is 9. The number of thiazole rings is 1. The largest absolute Gasteiger partial charge is 0.496 e. The zero-order chi connectivity index (χ0) is 32.4. The molecular formula is C37H34BrN3O4S. The lowest BCUT2D eigenvalue weighted by molar-refractivity contribution is -0.127. The summed E-state index contributed by atoms with van der Waals surface area (Å²) in [6, 6.07) is 26.9. The van der Waals surface area contributed by atoms with E-state index >= 15 is 0 Å². The van der Waals surface area contributed by atoms with Crippen LogP contribution in [0.4, 0.5) is 0 Å². The van der Waals surface area contributed by atoms with Gasteiger partial charge in [-0.2, -0.15) is 0 Å². The molecule has 0 saturated heterocycles. The van der Waals surface area contributed by atoms with E-state index in [0.717, 1.165) is 31.9 Å². The maximum absolute atomic E-state index is 14.5. The molecule has 5 aromatic rings. The zero-order valence-corrected chi connectivity index (χ0v) is 28.5. The van der Waals surface area contributed by atoms with E-state index in [2.05, 4.69) is 15.9 Å². The van der Waals surface area contributed by atoms with Gasteiger partial charge in [-0.25, -0.2) is 4.99 Å². The van der Waals surface area contributed by atoms with Gasteiger partial charge in [0.05, 0.1) is 22.9 Å². The summed E-state index contributed by atoms with van der Waals surface area (Å²) in [5.41, 5.74) is 3.39. The molecule has 0 N–H and O–H groups in total. The summed E-state index contributed by atoms with van der Waals surface area (Å²) in [4.78, 5) is 35.6. The maximum atomic E-state index is 14.5. The van der Waals surface area contributed by atoms with Gasteiger partial charge in [0.2, 0.25) is 0 Å². The number of halogens is 1. The summed E-state index contributed by atoms with van der Waals surface area (Å²) in [6.45, 7) is 7.20. The molecule has 0 bridgehead atoms. The van der Waals surface area contributed by atoms with Gasteiger partial charge in [-0.1, -0.05) is 87.9 Å². The molecule has 1 aliphatic heterocycles. The van der Waals surface area contributed by atoms with Crippen molar-refractivity contribution in [2.24, 2.45) is 4.99 Å². The molecule has 1 amide bonds. The molecule has 0 aliphatic carbocycles. The van der Waals surface area contributed by atoms with Crippen molar-refractivity contribution in [2.75, 3.05) is 20.2 Å². The standard InChI is InChI=1S/C37H34BrN3O4S/c1-5-40(6-2)36(43)33-23(3)39-37-41(34(33)28-13-9-10-14-30(28)44-4)35(42)32(46-37)21-29-27-12-8-7-11-25(27)17-20-31(29)45-22-24-15-18-26(38)19-16-24/h7-21,34H,5-6,22H2,1-4H3/b32-21+/t34-/m0/s1. The van der Waals surface area contributed by atoms with E-state index in [9.17, 15) is 9.59 Å². The van der Waals surface area contributed by atoms with E-state index in [1.165, 1.54) is 11.3 Å². The van der Waals surface area contributed by atoms with Crippen molar-refractivity contribution < 1.29 is 14.3 Å². The molecule has 0 unspecified atom stereocenters. The smallest absolute Gasteiger partial charge is 0.271 e. The Kier molecular flexibility index (Phi) is 9.24. The number of hydrogen-bond donors (Lipinski definition) is 0. The number of methoxy groups -OCH3 is 1. The van der Waals surface area contributed by atoms with E-state index in [1.54, 1.807) is 16.6 Å². The third kappa shape index (κ3) is 5.92. The first-order valence-electron chi connectivity index (χ1n) is 15.2. The van der Waals surface area contributed by atoms with Gasteiger partial charge in [0.1, 0.15) is 24.1 Å². The highest BCUT2D eigenvalue weighted by atomic mass is 79.9. The Morgan fingerprint density at radius 3 is 2.43 bits per heavy atom. The van der Waals surface area contributed by atoms with Gasteiger partial charge in [-0.05, 0) is 67.4 Å². The van der Waals surface area contributed by atoms with E-state index in [1.807, 2.05) is 112 Å². The van der Waals surface area contributed by atoms with Gasteiger partial charge in [-0.3, -0.25) is 14.2 Å². The lowest BCUT2D eigenvalue weighted by Crippen LogP contribution is -2.43. The van der Waals surface area contributed by atoms with Gasteiger partial charge in [0, 0.05) is 28.7 Å².